The van der Waals surface area contributed by atoms with E-state index >= 15 is 0 Å². The number of hydrogen-bond acceptors (Lipinski definition) is 4. The number of halogens is 2. The van der Waals surface area contributed by atoms with E-state index < -0.39 is 0 Å². The van der Waals surface area contributed by atoms with Gasteiger partial charge in [0.25, 0.3) is 0 Å². The number of para-hydroxylation sites is 1. The summed E-state index contributed by atoms with van der Waals surface area (Å²) in [5.74, 6) is 0. The van der Waals surface area contributed by atoms with Gasteiger partial charge in [-0.3, -0.25) is 4.90 Å². The molecule has 0 radical (unpaired) electrons. The van der Waals surface area contributed by atoms with Crippen molar-refractivity contribution in [3.05, 3.63) is 74.6 Å². The predicted octanol–water partition coefficient (Wildman–Crippen LogP) is 4.42. The average molecular weight is 389 g/mol. The molecule has 0 atom stereocenters. The largest absolute Gasteiger partial charge is 0.422 e. The second-order valence-electron chi connectivity index (χ2n) is 6.43. The lowest BCUT2D eigenvalue weighted by Gasteiger charge is -2.36. The highest BCUT2D eigenvalue weighted by atomic mass is 35.5. The minimum Gasteiger partial charge on any atom is -0.422 e. The molecule has 0 N–H and O–H groups in total. The van der Waals surface area contributed by atoms with E-state index in [0.717, 1.165) is 37.3 Å². The number of hydrogen-bond donors (Lipinski definition) is 0. The standard InChI is InChI=1S/C20H18Cl2N2O2/c21-16-5-3-6-17(19(16)22)24-10-8-23(9-11-24)13-15-12-14-4-1-2-7-18(14)26-20(15)25/h1-7,12H,8-11,13H2. The van der Waals surface area contributed by atoms with Crippen LogP contribution in [0.2, 0.25) is 10.0 Å². The maximum Gasteiger partial charge on any atom is 0.340 e. The fourth-order valence-corrected chi connectivity index (χ4v) is 3.75. The molecule has 0 spiro atoms. The third-order valence-corrected chi connectivity index (χ3v) is 5.56. The van der Waals surface area contributed by atoms with Crippen molar-refractivity contribution in [3.63, 3.8) is 0 Å². The first-order chi connectivity index (χ1) is 12.6. The Hall–Kier alpha value is -2.01. The minimum absolute atomic E-state index is 0.260. The van der Waals surface area contributed by atoms with Crippen LogP contribution in [0.1, 0.15) is 5.56 Å². The van der Waals surface area contributed by atoms with E-state index in [1.807, 2.05) is 42.5 Å². The molecule has 1 aromatic heterocycles. The van der Waals surface area contributed by atoms with Crippen LogP contribution in [0.4, 0.5) is 5.69 Å². The van der Waals surface area contributed by atoms with Crippen molar-refractivity contribution in [1.29, 1.82) is 0 Å². The van der Waals surface area contributed by atoms with Crippen molar-refractivity contribution in [2.24, 2.45) is 0 Å². The highest BCUT2D eigenvalue weighted by molar-refractivity contribution is 6.43. The molecule has 2 aromatic carbocycles. The molecule has 26 heavy (non-hydrogen) atoms. The third kappa shape index (κ3) is 3.45. The van der Waals surface area contributed by atoms with Crippen LogP contribution < -0.4 is 10.5 Å². The second-order valence-corrected chi connectivity index (χ2v) is 7.22. The first-order valence-electron chi connectivity index (χ1n) is 8.55. The van der Waals surface area contributed by atoms with Gasteiger partial charge < -0.3 is 9.32 Å². The first kappa shape index (κ1) is 17.4. The molecule has 0 saturated carbocycles. The highest BCUT2D eigenvalue weighted by Crippen LogP contribution is 2.32. The van der Waals surface area contributed by atoms with Gasteiger partial charge in [-0.05, 0) is 24.3 Å². The number of anilines is 1. The summed E-state index contributed by atoms with van der Waals surface area (Å²) in [7, 11) is 0. The molecule has 1 aliphatic heterocycles. The van der Waals surface area contributed by atoms with Crippen molar-refractivity contribution in [2.75, 3.05) is 31.1 Å². The number of rotatable bonds is 3. The van der Waals surface area contributed by atoms with Gasteiger partial charge in [-0.25, -0.2) is 4.79 Å². The molecule has 4 nitrogen and oxygen atoms in total. The quantitative estimate of drug-likeness (QED) is 0.622. The summed E-state index contributed by atoms with van der Waals surface area (Å²) >= 11 is 12.4. The van der Waals surface area contributed by atoms with Crippen LogP contribution in [0, 0.1) is 0 Å². The molecule has 0 bridgehead atoms. The zero-order valence-corrected chi connectivity index (χ0v) is 15.6. The van der Waals surface area contributed by atoms with Crippen molar-refractivity contribution >= 4 is 39.9 Å². The smallest absolute Gasteiger partial charge is 0.340 e. The maximum atomic E-state index is 12.2. The van der Waals surface area contributed by atoms with E-state index in [-0.39, 0.29) is 5.63 Å². The fraction of sp³-hybridized carbons (Fsp3) is 0.250. The normalized spacial score (nSPS) is 15.5. The Morgan fingerprint density at radius 3 is 2.54 bits per heavy atom. The van der Waals surface area contributed by atoms with Crippen LogP contribution in [0.25, 0.3) is 11.0 Å². The molecule has 2 heterocycles. The van der Waals surface area contributed by atoms with E-state index in [4.69, 9.17) is 27.6 Å². The van der Waals surface area contributed by atoms with Gasteiger partial charge in [-0.2, -0.15) is 0 Å². The van der Waals surface area contributed by atoms with E-state index in [0.29, 0.717) is 27.7 Å². The Morgan fingerprint density at radius 2 is 1.73 bits per heavy atom. The molecule has 1 aliphatic rings. The third-order valence-electron chi connectivity index (χ3n) is 4.75. The predicted molar refractivity (Wildman–Crippen MR) is 106 cm³/mol. The molecule has 3 aromatic rings. The van der Waals surface area contributed by atoms with Gasteiger partial charge in [0.05, 0.1) is 21.3 Å². The molecule has 6 heteroatoms. The van der Waals surface area contributed by atoms with E-state index in [1.165, 1.54) is 0 Å². The van der Waals surface area contributed by atoms with Crippen LogP contribution >= 0.6 is 23.2 Å². The number of piperazine rings is 1. The summed E-state index contributed by atoms with van der Waals surface area (Å²) in [5.41, 5.74) is 2.02. The summed E-state index contributed by atoms with van der Waals surface area (Å²) in [4.78, 5) is 16.7. The monoisotopic (exact) mass is 388 g/mol. The van der Waals surface area contributed by atoms with Gasteiger partial charge in [0, 0.05) is 38.1 Å². The van der Waals surface area contributed by atoms with Crippen LogP contribution in [-0.2, 0) is 6.54 Å². The molecular weight excluding hydrogens is 371 g/mol. The Bertz CT molecular complexity index is 995. The molecule has 0 aliphatic carbocycles. The van der Waals surface area contributed by atoms with Gasteiger partial charge >= 0.3 is 5.63 Å². The molecular formula is C20H18Cl2N2O2. The van der Waals surface area contributed by atoms with E-state index in [2.05, 4.69) is 9.80 Å². The maximum absolute atomic E-state index is 12.2. The minimum atomic E-state index is -0.260. The Morgan fingerprint density at radius 1 is 0.962 bits per heavy atom. The Kier molecular flexibility index (Phi) is 4.90. The van der Waals surface area contributed by atoms with Crippen LogP contribution in [0.15, 0.2) is 57.7 Å². The van der Waals surface area contributed by atoms with E-state index in [1.54, 1.807) is 6.07 Å². The Labute approximate surface area is 161 Å². The van der Waals surface area contributed by atoms with Gasteiger partial charge in [-0.15, -0.1) is 0 Å². The zero-order chi connectivity index (χ0) is 18.1. The van der Waals surface area contributed by atoms with Crippen LogP contribution in [0.5, 0.6) is 0 Å². The molecule has 1 fully saturated rings. The zero-order valence-electron chi connectivity index (χ0n) is 14.1. The second kappa shape index (κ2) is 7.31. The molecule has 0 unspecified atom stereocenters. The summed E-state index contributed by atoms with van der Waals surface area (Å²) in [6, 6.07) is 15.2. The van der Waals surface area contributed by atoms with Gasteiger partial charge in [0.15, 0.2) is 0 Å². The van der Waals surface area contributed by atoms with Crippen molar-refractivity contribution < 1.29 is 4.42 Å². The lowest BCUT2D eigenvalue weighted by Crippen LogP contribution is -2.46. The highest BCUT2D eigenvalue weighted by Gasteiger charge is 2.21. The van der Waals surface area contributed by atoms with Gasteiger partial charge in [0.2, 0.25) is 0 Å². The van der Waals surface area contributed by atoms with Crippen molar-refractivity contribution in [1.82, 2.24) is 4.90 Å². The Balaban J connectivity index is 1.46. The summed E-state index contributed by atoms with van der Waals surface area (Å²) < 4.78 is 5.43. The van der Waals surface area contributed by atoms with Gasteiger partial charge in [0.1, 0.15) is 5.58 Å². The SMILES string of the molecule is O=c1oc2ccccc2cc1CN1CCN(c2cccc(Cl)c2Cl)CC1. The van der Waals surface area contributed by atoms with Crippen LogP contribution in [0.3, 0.4) is 0 Å². The lowest BCUT2D eigenvalue weighted by atomic mass is 10.1. The van der Waals surface area contributed by atoms with E-state index in [9.17, 15) is 4.79 Å². The first-order valence-corrected chi connectivity index (χ1v) is 9.30. The molecule has 1 saturated heterocycles. The fourth-order valence-electron chi connectivity index (χ4n) is 3.34. The molecule has 0 amide bonds. The number of fused-ring (bicyclic) bond motifs is 1. The number of benzene rings is 2. The molecule has 4 rings (SSSR count). The lowest BCUT2D eigenvalue weighted by molar-refractivity contribution is 0.247. The molecule has 134 valence electrons. The summed E-state index contributed by atoms with van der Waals surface area (Å²) in [5, 5.41) is 2.12. The topological polar surface area (TPSA) is 36.7 Å². The van der Waals surface area contributed by atoms with Gasteiger partial charge in [-0.1, -0.05) is 47.5 Å². The van der Waals surface area contributed by atoms with Crippen molar-refractivity contribution in [2.45, 2.75) is 6.54 Å². The summed E-state index contributed by atoms with van der Waals surface area (Å²) in [6.45, 7) is 3.94. The van der Waals surface area contributed by atoms with Crippen molar-refractivity contribution in [3.8, 4) is 0 Å². The average Bonchev–Trinajstić information content (AvgIpc) is 2.65. The number of nitrogens with zero attached hydrogens (tertiary/aromatic N) is 2. The summed E-state index contributed by atoms with van der Waals surface area (Å²) in [6.07, 6.45) is 0. The van der Waals surface area contributed by atoms with Crippen LogP contribution in [-0.4, -0.2) is 31.1 Å².